The molecule has 4 amide bonds. The van der Waals surface area contributed by atoms with Crippen LogP contribution in [-0.2, 0) is 29.1 Å². The van der Waals surface area contributed by atoms with Gasteiger partial charge in [-0.3, -0.25) is 24.1 Å². The van der Waals surface area contributed by atoms with Gasteiger partial charge in [-0.05, 0) is 127 Å². The van der Waals surface area contributed by atoms with Crippen LogP contribution in [0.4, 0.5) is 18.0 Å². The van der Waals surface area contributed by atoms with Crippen molar-refractivity contribution in [3.63, 3.8) is 0 Å². The van der Waals surface area contributed by atoms with E-state index in [1.165, 1.54) is 18.9 Å². The normalized spacial score (nSPS) is 26.9. The molecule has 0 radical (unpaired) electrons. The molecule has 3 N–H and O–H groups in total. The van der Waals surface area contributed by atoms with Crippen molar-refractivity contribution in [3.05, 3.63) is 54.7 Å². The Morgan fingerprint density at radius 2 is 1.76 bits per heavy atom. The van der Waals surface area contributed by atoms with Gasteiger partial charge in [0.05, 0.1) is 42.1 Å². The number of alkyl halides is 3. The summed E-state index contributed by atoms with van der Waals surface area (Å²) in [6.45, 7) is 10.2. The van der Waals surface area contributed by atoms with Gasteiger partial charge < -0.3 is 34.5 Å². The van der Waals surface area contributed by atoms with E-state index < -0.39 is 85.9 Å². The first-order valence-corrected chi connectivity index (χ1v) is 24.6. The van der Waals surface area contributed by atoms with Crippen LogP contribution in [0.2, 0.25) is 0 Å². The van der Waals surface area contributed by atoms with Gasteiger partial charge >= 0.3 is 12.3 Å². The first kappa shape index (κ1) is 50.2. The minimum absolute atomic E-state index is 0.0601. The van der Waals surface area contributed by atoms with Crippen LogP contribution < -0.4 is 29.6 Å². The first-order valence-electron chi connectivity index (χ1n) is 23.1. The van der Waals surface area contributed by atoms with Gasteiger partial charge in [-0.15, -0.1) is 0 Å². The summed E-state index contributed by atoms with van der Waals surface area (Å²) in [4.78, 5) is 68.2. The number of hydrogen-bond donors (Lipinski definition) is 3. The molecule has 370 valence electrons. The zero-order valence-corrected chi connectivity index (χ0v) is 40.4. The number of halogens is 3. The molecule has 7 rings (SSSR count). The Bertz CT molecular complexity index is 2550. The average molecular weight is 971 g/mol. The summed E-state index contributed by atoms with van der Waals surface area (Å²) in [5.74, 6) is -2.54. The third-order valence-corrected chi connectivity index (χ3v) is 15.7. The van der Waals surface area contributed by atoms with Crippen LogP contribution in [0.1, 0.15) is 99.8 Å². The van der Waals surface area contributed by atoms with Crippen molar-refractivity contribution in [1.29, 1.82) is 0 Å². The maximum atomic E-state index is 15.2. The quantitative estimate of drug-likeness (QED) is 0.155. The predicted molar refractivity (Wildman–Crippen MR) is 245 cm³/mol. The number of hydrogen-bond acceptors (Lipinski definition) is 12. The number of nitrogens with one attached hydrogen (secondary N) is 3. The van der Waals surface area contributed by atoms with Crippen LogP contribution in [0.5, 0.6) is 17.4 Å². The van der Waals surface area contributed by atoms with E-state index in [0.29, 0.717) is 86.0 Å². The highest BCUT2D eigenvalue weighted by atomic mass is 32.2. The molecule has 2 aromatic heterocycles. The van der Waals surface area contributed by atoms with Gasteiger partial charge in [0.25, 0.3) is 5.91 Å². The highest BCUT2D eigenvalue weighted by Gasteiger charge is 2.63. The second kappa shape index (κ2) is 19.0. The summed E-state index contributed by atoms with van der Waals surface area (Å²) in [5.41, 5.74) is -3.70. The molecular formula is C48H61F3N6O10S. The molecule has 2 aliphatic heterocycles. The number of carbonyl (C=O) groups excluding carboxylic acids is 4. The largest absolute Gasteiger partial charge is 0.497 e. The summed E-state index contributed by atoms with van der Waals surface area (Å²) in [5, 5.41) is 6.51. The lowest BCUT2D eigenvalue weighted by molar-refractivity contribution is -0.244. The number of rotatable bonds is 12. The fourth-order valence-electron chi connectivity index (χ4n) is 8.85. The molecule has 20 heteroatoms. The lowest BCUT2D eigenvalue weighted by Gasteiger charge is -2.35. The van der Waals surface area contributed by atoms with Crippen molar-refractivity contribution in [2.24, 2.45) is 17.8 Å². The molecule has 0 bridgehead atoms. The Morgan fingerprint density at radius 1 is 1.04 bits per heavy atom. The fraction of sp³-hybridized carbons (Fsp3) is 0.583. The Kier molecular flexibility index (Phi) is 14.1. The van der Waals surface area contributed by atoms with Crippen LogP contribution >= 0.6 is 0 Å². The fourth-order valence-corrected chi connectivity index (χ4v) is 10.2. The molecule has 3 aromatic rings. The number of sulfonamides is 1. The van der Waals surface area contributed by atoms with Crippen molar-refractivity contribution in [3.8, 4) is 28.8 Å². The van der Waals surface area contributed by atoms with E-state index in [1.807, 2.05) is 32.9 Å². The molecule has 16 nitrogen and oxygen atoms in total. The van der Waals surface area contributed by atoms with Crippen molar-refractivity contribution in [1.82, 2.24) is 30.2 Å². The van der Waals surface area contributed by atoms with Crippen molar-refractivity contribution in [2.45, 2.75) is 146 Å². The van der Waals surface area contributed by atoms with E-state index >= 15 is 4.79 Å². The summed E-state index contributed by atoms with van der Waals surface area (Å²) in [6.07, 6.45) is 0.228. The molecule has 1 saturated heterocycles. The molecule has 0 unspecified atom stereocenters. The van der Waals surface area contributed by atoms with Gasteiger partial charge in [-0.25, -0.2) is 18.2 Å². The van der Waals surface area contributed by atoms with Gasteiger partial charge in [-0.2, -0.15) is 13.2 Å². The van der Waals surface area contributed by atoms with Crippen LogP contribution in [-0.4, -0.2) is 107 Å². The smallest absolute Gasteiger partial charge is 0.427 e. The number of amides is 4. The van der Waals surface area contributed by atoms with E-state index in [2.05, 4.69) is 20.3 Å². The van der Waals surface area contributed by atoms with E-state index in [9.17, 15) is 36.0 Å². The lowest BCUT2D eigenvalue weighted by Crippen LogP contribution is -2.60. The van der Waals surface area contributed by atoms with Gasteiger partial charge in [0.2, 0.25) is 33.3 Å². The predicted octanol–water partition coefficient (Wildman–Crippen LogP) is 7.15. The van der Waals surface area contributed by atoms with E-state index in [4.69, 9.17) is 23.9 Å². The number of fused-ring (bicyclic) bond motifs is 3. The van der Waals surface area contributed by atoms with E-state index in [0.717, 1.165) is 0 Å². The minimum Gasteiger partial charge on any atom is -0.497 e. The number of benzene rings is 1. The second-order valence-corrected chi connectivity index (χ2v) is 21.8. The Balaban J connectivity index is 1.28. The molecule has 4 aliphatic rings. The zero-order valence-electron chi connectivity index (χ0n) is 39.6. The van der Waals surface area contributed by atoms with E-state index in [-0.39, 0.29) is 37.3 Å². The molecule has 0 spiro atoms. The molecule has 68 heavy (non-hydrogen) atoms. The lowest BCUT2D eigenvalue weighted by atomic mass is 9.85. The highest BCUT2D eigenvalue weighted by molar-refractivity contribution is 7.91. The van der Waals surface area contributed by atoms with Crippen molar-refractivity contribution < 1.29 is 59.7 Å². The van der Waals surface area contributed by atoms with Crippen LogP contribution in [0.25, 0.3) is 22.2 Å². The number of nitrogens with zero attached hydrogens (tertiary/aromatic N) is 3. The SMILES string of the molecule is CC[C@@H]1C[C@@H](C)CC/C=C\[C@@H]2C[C@@]2(C(=O)NS(=O)(=O)C2(C)CC2)NC(=O)[C@@H]2C[C@@H](Oc3nc(-c4ccc(OC(C)C)cn4)cc4cc(OC)ccc34)CN2C(=O)[C@H]1NC(=O)OC(C)(C)C(F)(F)F. The summed E-state index contributed by atoms with van der Waals surface area (Å²) in [7, 11) is -2.59. The van der Waals surface area contributed by atoms with Crippen molar-refractivity contribution in [2.75, 3.05) is 13.7 Å². The number of carbonyl (C=O) groups is 4. The Hall–Kier alpha value is -5.66. The molecule has 4 heterocycles. The molecule has 2 saturated carbocycles. The second-order valence-electron chi connectivity index (χ2n) is 19.6. The first-order chi connectivity index (χ1) is 31.9. The number of ether oxygens (including phenoxy) is 4. The van der Waals surface area contributed by atoms with Gasteiger partial charge in [0.15, 0.2) is 0 Å². The van der Waals surface area contributed by atoms with Crippen molar-refractivity contribution >= 4 is 44.6 Å². The van der Waals surface area contributed by atoms with Crippen LogP contribution in [0, 0.1) is 17.8 Å². The zero-order chi connectivity index (χ0) is 49.6. The third kappa shape index (κ3) is 10.6. The topological polar surface area (TPSA) is 204 Å². The maximum Gasteiger partial charge on any atom is 0.427 e. The Labute approximate surface area is 394 Å². The molecule has 1 aromatic carbocycles. The van der Waals surface area contributed by atoms with Gasteiger partial charge in [0, 0.05) is 17.7 Å². The molecule has 2 aliphatic carbocycles. The van der Waals surface area contributed by atoms with E-state index in [1.54, 1.807) is 49.5 Å². The molecule has 3 fully saturated rings. The summed E-state index contributed by atoms with van der Waals surface area (Å²) in [6, 6.07) is 7.72. The number of pyridine rings is 2. The molecular weight excluding hydrogens is 910 g/mol. The number of aromatic nitrogens is 2. The highest BCUT2D eigenvalue weighted by Crippen LogP contribution is 2.48. The Morgan fingerprint density at radius 3 is 2.40 bits per heavy atom. The molecule has 7 atom stereocenters. The maximum absolute atomic E-state index is 15.2. The number of allylic oxidation sites excluding steroid dienone is 1. The number of alkyl carbamates (subject to hydrolysis) is 1. The standard InChI is InChI=1S/C48H61F3N6O10S/c1-9-29-20-28(4)12-10-11-13-31-24-47(31,43(60)56-68(62,63)46(7)18-19-46)55-40(58)38-23-34(26-57(38)42(59)39(29)54-44(61)67-45(5,6)48(49,50)51)66-41-35-16-14-32(64-8)21-30(35)22-37(53-41)36-17-15-33(25-52-36)65-27(2)3/h11,13-17,21-22,25,27-29,31,34,38-39H,9-10,12,18-20,23-24,26H2,1-8H3,(H,54,61)(H,55,58)(H,56,60)/b13-11-/t28-,29+,31+,34+,38-,39-,47+/m0/s1. The van der Waals surface area contributed by atoms with Gasteiger partial charge in [-0.1, -0.05) is 32.4 Å². The average Bonchev–Trinajstić information content (AvgIpc) is 4.15. The van der Waals surface area contributed by atoms with Crippen LogP contribution in [0.3, 0.4) is 0 Å². The third-order valence-electron chi connectivity index (χ3n) is 13.6. The van der Waals surface area contributed by atoms with Crippen LogP contribution in [0.15, 0.2) is 54.7 Å². The minimum atomic E-state index is -4.94. The summed E-state index contributed by atoms with van der Waals surface area (Å²) < 4.78 is 92.5. The van der Waals surface area contributed by atoms with Gasteiger partial charge in [0.1, 0.15) is 35.2 Å². The monoisotopic (exact) mass is 970 g/mol. The summed E-state index contributed by atoms with van der Waals surface area (Å²) >= 11 is 0. The number of methoxy groups -OCH3 is 1.